The number of carbonyl (C=O) groups excluding carboxylic acids is 1. The maximum atomic E-state index is 12.7. The predicted octanol–water partition coefficient (Wildman–Crippen LogP) is 3.21. The number of anilines is 1. The summed E-state index contributed by atoms with van der Waals surface area (Å²) in [6, 6.07) is 8.87. The van der Waals surface area contributed by atoms with E-state index >= 15 is 0 Å². The van der Waals surface area contributed by atoms with Crippen LogP contribution in [0.3, 0.4) is 0 Å². The summed E-state index contributed by atoms with van der Waals surface area (Å²) in [5.41, 5.74) is 8.53. The number of phenolic OH excluding ortho intramolecular Hbond substituents is 1. The van der Waals surface area contributed by atoms with Crippen LogP contribution in [0.2, 0.25) is 0 Å². The van der Waals surface area contributed by atoms with Crippen LogP contribution in [0.4, 0.5) is 18.9 Å². The van der Waals surface area contributed by atoms with E-state index in [4.69, 9.17) is 5.73 Å². The summed E-state index contributed by atoms with van der Waals surface area (Å²) in [5.74, 6) is -0.796. The highest BCUT2D eigenvalue weighted by Crippen LogP contribution is 2.37. The highest BCUT2D eigenvalue weighted by Gasteiger charge is 2.33. The number of thioether (sulfide) groups is 1. The number of halogens is 3. The van der Waals surface area contributed by atoms with Gasteiger partial charge in [-0.25, -0.2) is 0 Å². The molecule has 2 aliphatic heterocycles. The number of phenols is 1. The van der Waals surface area contributed by atoms with Crippen molar-refractivity contribution in [2.45, 2.75) is 30.3 Å². The first-order valence-corrected chi connectivity index (χ1v) is 10.6. The number of amides is 1. The molecule has 0 aromatic heterocycles. The molecule has 2 atom stereocenters. The van der Waals surface area contributed by atoms with Crippen molar-refractivity contribution in [2.24, 2.45) is 10.7 Å². The summed E-state index contributed by atoms with van der Waals surface area (Å²) in [4.78, 5) is 16.0. The van der Waals surface area contributed by atoms with Gasteiger partial charge in [0.05, 0.1) is 23.8 Å². The Kier molecular flexibility index (Phi) is 5.85. The molecule has 2 heterocycles. The summed E-state index contributed by atoms with van der Waals surface area (Å²) in [6.07, 6.45) is -3.89. The zero-order valence-electron chi connectivity index (χ0n) is 16.4. The minimum atomic E-state index is -4.59. The summed E-state index contributed by atoms with van der Waals surface area (Å²) >= 11 is 1.58. The van der Waals surface area contributed by atoms with Gasteiger partial charge in [0.1, 0.15) is 5.75 Å². The fourth-order valence-corrected chi connectivity index (χ4v) is 4.65. The SMILES string of the molecule is N[C@H](CNC1=NCC(c2ccc3c(c2)CC(=O)N3)S1)Cc1ccc(C(F)(F)F)c(O)c1. The van der Waals surface area contributed by atoms with Crippen LogP contribution in [0.5, 0.6) is 5.75 Å². The number of hydrogen-bond donors (Lipinski definition) is 4. The number of nitrogens with two attached hydrogens (primary N) is 1. The van der Waals surface area contributed by atoms with Crippen molar-refractivity contribution >= 4 is 28.5 Å². The van der Waals surface area contributed by atoms with E-state index in [-0.39, 0.29) is 17.2 Å². The van der Waals surface area contributed by atoms with E-state index in [0.29, 0.717) is 31.5 Å². The molecule has 164 valence electrons. The lowest BCUT2D eigenvalue weighted by molar-refractivity contribution is -0.138. The molecule has 0 saturated heterocycles. The third-order valence-corrected chi connectivity index (χ3v) is 6.36. The molecular weight excluding hydrogens is 429 g/mol. The fraction of sp³-hybridized carbons (Fsp3) is 0.333. The van der Waals surface area contributed by atoms with E-state index < -0.39 is 17.5 Å². The molecule has 0 saturated carbocycles. The molecule has 1 amide bonds. The second-order valence-corrected chi connectivity index (χ2v) is 8.78. The van der Waals surface area contributed by atoms with Gasteiger partial charge in [-0.3, -0.25) is 9.79 Å². The molecule has 10 heteroatoms. The summed E-state index contributed by atoms with van der Waals surface area (Å²) < 4.78 is 38.2. The zero-order chi connectivity index (χ0) is 22.2. The third kappa shape index (κ3) is 4.96. The molecule has 0 fully saturated rings. The predicted molar refractivity (Wildman–Crippen MR) is 114 cm³/mol. The number of fused-ring (bicyclic) bond motifs is 1. The van der Waals surface area contributed by atoms with Gasteiger partial charge in [0.15, 0.2) is 5.17 Å². The largest absolute Gasteiger partial charge is 0.507 e. The Morgan fingerprint density at radius 3 is 2.84 bits per heavy atom. The molecule has 0 bridgehead atoms. The van der Waals surface area contributed by atoms with Gasteiger partial charge in [0, 0.05) is 18.3 Å². The van der Waals surface area contributed by atoms with Gasteiger partial charge in [-0.15, -0.1) is 0 Å². The van der Waals surface area contributed by atoms with Gasteiger partial charge in [-0.05, 0) is 41.3 Å². The van der Waals surface area contributed by atoms with Crippen LogP contribution < -0.4 is 16.4 Å². The lowest BCUT2D eigenvalue weighted by Crippen LogP contribution is -2.37. The second-order valence-electron chi connectivity index (χ2n) is 7.59. The Hall–Kier alpha value is -2.72. The Balaban J connectivity index is 1.28. The molecule has 2 aromatic carbocycles. The third-order valence-electron chi connectivity index (χ3n) is 5.16. The van der Waals surface area contributed by atoms with Gasteiger partial charge in [-0.2, -0.15) is 13.2 Å². The first kappa shape index (κ1) is 21.5. The molecule has 2 aliphatic rings. The smallest absolute Gasteiger partial charge is 0.419 e. The molecule has 1 unspecified atom stereocenters. The summed E-state index contributed by atoms with van der Waals surface area (Å²) in [6.45, 7) is 0.998. The van der Waals surface area contributed by atoms with E-state index in [1.807, 2.05) is 18.2 Å². The fourth-order valence-electron chi connectivity index (χ4n) is 3.63. The molecule has 6 nitrogen and oxygen atoms in total. The number of hydrogen-bond acceptors (Lipinski definition) is 6. The van der Waals surface area contributed by atoms with Crippen molar-refractivity contribution in [3.05, 3.63) is 58.7 Å². The van der Waals surface area contributed by atoms with Gasteiger partial charge in [0.2, 0.25) is 5.91 Å². The first-order valence-electron chi connectivity index (χ1n) is 9.71. The van der Waals surface area contributed by atoms with Crippen LogP contribution in [0.1, 0.15) is 27.5 Å². The van der Waals surface area contributed by atoms with E-state index in [0.717, 1.165) is 34.1 Å². The van der Waals surface area contributed by atoms with Crippen molar-refractivity contribution in [3.8, 4) is 5.75 Å². The number of aromatic hydroxyl groups is 1. The van der Waals surface area contributed by atoms with E-state index in [2.05, 4.69) is 15.6 Å². The van der Waals surface area contributed by atoms with Crippen molar-refractivity contribution in [2.75, 3.05) is 18.4 Å². The number of rotatable bonds is 5. The van der Waals surface area contributed by atoms with Crippen LogP contribution in [0.15, 0.2) is 41.4 Å². The topological polar surface area (TPSA) is 99.7 Å². The van der Waals surface area contributed by atoms with Crippen molar-refractivity contribution in [1.82, 2.24) is 5.32 Å². The number of aliphatic imine (C=N–C) groups is 1. The Labute approximate surface area is 181 Å². The summed E-state index contributed by atoms with van der Waals surface area (Å²) in [5, 5.41) is 16.5. The van der Waals surface area contributed by atoms with Crippen molar-refractivity contribution < 1.29 is 23.1 Å². The quantitative estimate of drug-likeness (QED) is 0.561. The van der Waals surface area contributed by atoms with Gasteiger partial charge < -0.3 is 21.5 Å². The number of nitrogens with zero attached hydrogens (tertiary/aromatic N) is 1. The van der Waals surface area contributed by atoms with Crippen LogP contribution in [-0.4, -0.2) is 35.3 Å². The van der Waals surface area contributed by atoms with Crippen molar-refractivity contribution in [1.29, 1.82) is 0 Å². The second kappa shape index (κ2) is 8.43. The molecule has 4 rings (SSSR count). The molecule has 5 N–H and O–H groups in total. The maximum Gasteiger partial charge on any atom is 0.419 e. The highest BCUT2D eigenvalue weighted by molar-refractivity contribution is 8.14. The number of nitrogens with one attached hydrogen (secondary N) is 2. The molecule has 31 heavy (non-hydrogen) atoms. The molecule has 0 aliphatic carbocycles. The normalized spacial score (nSPS) is 19.0. The van der Waals surface area contributed by atoms with Gasteiger partial charge in [-0.1, -0.05) is 30.0 Å². The molecule has 0 spiro atoms. The Morgan fingerprint density at radius 2 is 2.10 bits per heavy atom. The van der Waals surface area contributed by atoms with Crippen molar-refractivity contribution in [3.63, 3.8) is 0 Å². The minimum Gasteiger partial charge on any atom is -0.507 e. The van der Waals surface area contributed by atoms with Crippen LogP contribution in [0, 0.1) is 0 Å². The van der Waals surface area contributed by atoms with Crippen LogP contribution in [-0.2, 0) is 23.8 Å². The molecule has 0 radical (unpaired) electrons. The zero-order valence-corrected chi connectivity index (χ0v) is 17.2. The first-order chi connectivity index (χ1) is 14.7. The Morgan fingerprint density at radius 1 is 1.29 bits per heavy atom. The number of amidine groups is 1. The minimum absolute atomic E-state index is 0.000170. The lowest BCUT2D eigenvalue weighted by Gasteiger charge is -2.15. The summed E-state index contributed by atoms with van der Waals surface area (Å²) in [7, 11) is 0. The van der Waals surface area contributed by atoms with E-state index in [9.17, 15) is 23.1 Å². The van der Waals surface area contributed by atoms with Crippen LogP contribution in [0.25, 0.3) is 0 Å². The maximum absolute atomic E-state index is 12.7. The monoisotopic (exact) mass is 450 g/mol. The van der Waals surface area contributed by atoms with Gasteiger partial charge in [0.25, 0.3) is 0 Å². The number of carbonyl (C=O) groups is 1. The molecular formula is C21H21F3N4O2S. The van der Waals surface area contributed by atoms with Gasteiger partial charge >= 0.3 is 6.18 Å². The van der Waals surface area contributed by atoms with E-state index in [1.165, 1.54) is 6.07 Å². The number of alkyl halides is 3. The van der Waals surface area contributed by atoms with E-state index in [1.54, 1.807) is 11.8 Å². The van der Waals surface area contributed by atoms with Crippen LogP contribution >= 0.6 is 11.8 Å². The average Bonchev–Trinajstić information content (AvgIpc) is 3.30. The Bertz CT molecular complexity index is 1040. The number of benzene rings is 2. The highest BCUT2D eigenvalue weighted by atomic mass is 32.2. The lowest BCUT2D eigenvalue weighted by atomic mass is 10.0. The molecule has 2 aromatic rings. The standard InChI is InChI=1S/C21H21F3N4O2S/c22-21(23,24)15-3-1-11(6-17(15)29)5-14(25)9-26-20-27-10-18(31-20)12-2-4-16-13(7-12)8-19(30)28-16/h1-4,6-7,14,18,29H,5,8-10,25H2,(H,26,27)(H,28,30)/t14-,18?/m0/s1. The average molecular weight is 450 g/mol.